The van der Waals surface area contributed by atoms with E-state index >= 15 is 0 Å². The van der Waals surface area contributed by atoms with Crippen molar-refractivity contribution in [2.45, 2.75) is 38.6 Å². The number of rotatable bonds is 8. The van der Waals surface area contributed by atoms with Crippen molar-refractivity contribution in [2.24, 2.45) is 0 Å². The Bertz CT molecular complexity index is 1130. The van der Waals surface area contributed by atoms with E-state index in [-0.39, 0.29) is 24.4 Å². The van der Waals surface area contributed by atoms with Gasteiger partial charge < -0.3 is 20.7 Å². The third kappa shape index (κ3) is 5.43. The number of carbonyl (C=O) groups excluding carboxylic acids is 2. The van der Waals surface area contributed by atoms with E-state index in [2.05, 4.69) is 16.0 Å². The number of amides is 2. The Hall–Kier alpha value is -3.16. The Morgan fingerprint density at radius 1 is 1.00 bits per heavy atom. The van der Waals surface area contributed by atoms with Crippen molar-refractivity contribution in [2.75, 3.05) is 24.3 Å². The van der Waals surface area contributed by atoms with Gasteiger partial charge in [0, 0.05) is 10.9 Å². The largest absolute Gasteiger partial charge is 0.495 e. The summed E-state index contributed by atoms with van der Waals surface area (Å²) in [5, 5.41) is 9.85. The molecule has 1 aromatic heterocycles. The number of thiophene rings is 1. The maximum atomic E-state index is 13.3. The maximum absolute atomic E-state index is 13.3. The van der Waals surface area contributed by atoms with Gasteiger partial charge in [-0.25, -0.2) is 0 Å². The summed E-state index contributed by atoms with van der Waals surface area (Å²) in [7, 11) is 1.58. The van der Waals surface area contributed by atoms with E-state index in [1.165, 1.54) is 16.2 Å². The predicted molar refractivity (Wildman–Crippen MR) is 133 cm³/mol. The number of hydrogen-bond acceptors (Lipinski definition) is 5. The normalized spacial score (nSPS) is 13.6. The first-order valence-corrected chi connectivity index (χ1v) is 12.1. The molecule has 2 amide bonds. The first-order chi connectivity index (χ1) is 16.1. The van der Waals surface area contributed by atoms with Gasteiger partial charge in [-0.1, -0.05) is 42.5 Å². The number of hydrogen-bond donors (Lipinski definition) is 3. The topological polar surface area (TPSA) is 79.5 Å². The predicted octanol–water partition coefficient (Wildman–Crippen LogP) is 5.18. The van der Waals surface area contributed by atoms with Crippen molar-refractivity contribution in [1.29, 1.82) is 0 Å². The van der Waals surface area contributed by atoms with Crippen LogP contribution in [0.3, 0.4) is 0 Å². The number of anilines is 2. The average Bonchev–Trinajstić information content (AvgIpc) is 3.21. The van der Waals surface area contributed by atoms with Gasteiger partial charge in [0.25, 0.3) is 5.91 Å². The first kappa shape index (κ1) is 23.0. The van der Waals surface area contributed by atoms with Crippen LogP contribution in [0.25, 0.3) is 0 Å². The molecule has 1 aliphatic rings. The number of nitrogens with one attached hydrogen (secondary N) is 3. The molecule has 1 aliphatic carbocycles. The van der Waals surface area contributed by atoms with Crippen LogP contribution in [0.5, 0.6) is 5.75 Å². The van der Waals surface area contributed by atoms with Crippen LogP contribution in [-0.4, -0.2) is 25.5 Å². The van der Waals surface area contributed by atoms with E-state index in [4.69, 9.17) is 4.74 Å². The molecular formula is C26H29N3O3S. The second kappa shape index (κ2) is 10.6. The zero-order valence-electron chi connectivity index (χ0n) is 18.9. The number of methoxy groups -OCH3 is 1. The van der Waals surface area contributed by atoms with Gasteiger partial charge in [0.05, 0.1) is 24.9 Å². The Labute approximate surface area is 198 Å². The molecule has 0 bridgehead atoms. The smallest absolute Gasteiger partial charge is 0.259 e. The minimum atomic E-state index is -0.222. The molecule has 6 nitrogen and oxygen atoms in total. The summed E-state index contributed by atoms with van der Waals surface area (Å²) in [6.45, 7) is 2.19. The summed E-state index contributed by atoms with van der Waals surface area (Å²) >= 11 is 1.52. The first-order valence-electron chi connectivity index (χ1n) is 11.2. The molecular weight excluding hydrogens is 434 g/mol. The fraction of sp³-hybridized carbons (Fsp3) is 0.308. The summed E-state index contributed by atoms with van der Waals surface area (Å²) in [5.74, 6) is 0.210. The molecule has 3 N–H and O–H groups in total. The highest BCUT2D eigenvalue weighted by atomic mass is 32.1. The summed E-state index contributed by atoms with van der Waals surface area (Å²) in [6.07, 6.45) is 3.93. The van der Waals surface area contributed by atoms with Crippen LogP contribution in [0, 0.1) is 0 Å². The van der Waals surface area contributed by atoms with E-state index in [1.54, 1.807) is 13.2 Å². The van der Waals surface area contributed by atoms with Crippen molar-refractivity contribution in [1.82, 2.24) is 5.32 Å². The summed E-state index contributed by atoms with van der Waals surface area (Å²) in [6, 6.07) is 17.4. The molecule has 7 heteroatoms. The van der Waals surface area contributed by atoms with Crippen molar-refractivity contribution in [3.05, 3.63) is 76.2 Å². The number of benzene rings is 2. The van der Waals surface area contributed by atoms with Gasteiger partial charge in [0.2, 0.25) is 5.91 Å². The molecule has 172 valence electrons. The molecule has 1 atom stereocenters. The third-order valence-corrected chi connectivity index (χ3v) is 7.08. The van der Waals surface area contributed by atoms with Gasteiger partial charge in [-0.05, 0) is 55.9 Å². The minimum absolute atomic E-state index is 0.0433. The fourth-order valence-electron chi connectivity index (χ4n) is 4.10. The van der Waals surface area contributed by atoms with Crippen molar-refractivity contribution in [3.8, 4) is 5.75 Å². The van der Waals surface area contributed by atoms with Gasteiger partial charge in [-0.3, -0.25) is 9.59 Å². The summed E-state index contributed by atoms with van der Waals surface area (Å²) in [4.78, 5) is 27.3. The highest BCUT2D eigenvalue weighted by Gasteiger charge is 2.27. The molecule has 3 aromatic rings. The number of para-hydroxylation sites is 2. The minimum Gasteiger partial charge on any atom is -0.495 e. The van der Waals surface area contributed by atoms with Gasteiger partial charge in [-0.2, -0.15) is 0 Å². The lowest BCUT2D eigenvalue weighted by Crippen LogP contribution is -2.30. The van der Waals surface area contributed by atoms with E-state index in [0.717, 1.165) is 36.8 Å². The lowest BCUT2D eigenvalue weighted by molar-refractivity contribution is -0.115. The molecule has 33 heavy (non-hydrogen) atoms. The molecule has 1 heterocycles. The molecule has 1 unspecified atom stereocenters. The van der Waals surface area contributed by atoms with Gasteiger partial charge >= 0.3 is 0 Å². The number of ether oxygens (including phenoxy) is 1. The molecule has 0 spiro atoms. The summed E-state index contributed by atoms with van der Waals surface area (Å²) in [5.41, 5.74) is 3.36. The Morgan fingerprint density at radius 3 is 2.52 bits per heavy atom. The van der Waals surface area contributed by atoms with Crippen LogP contribution in [0.1, 0.15) is 52.2 Å². The Morgan fingerprint density at radius 2 is 1.73 bits per heavy atom. The lowest BCUT2D eigenvalue weighted by Gasteiger charge is -2.15. The molecule has 2 aromatic carbocycles. The van der Waals surface area contributed by atoms with E-state index in [9.17, 15) is 9.59 Å². The molecule has 0 aliphatic heterocycles. The van der Waals surface area contributed by atoms with Gasteiger partial charge in [-0.15, -0.1) is 11.3 Å². The monoisotopic (exact) mass is 463 g/mol. The highest BCUT2D eigenvalue weighted by molar-refractivity contribution is 7.17. The van der Waals surface area contributed by atoms with Crippen LogP contribution in [0.2, 0.25) is 0 Å². The SMILES string of the molecule is COc1ccccc1NC(=O)c1c(NC(=O)CNC(C)c2ccccc2)sc2c1CCCC2. The maximum Gasteiger partial charge on any atom is 0.259 e. The summed E-state index contributed by atoms with van der Waals surface area (Å²) < 4.78 is 5.37. The zero-order chi connectivity index (χ0) is 23.2. The number of carbonyl (C=O) groups is 2. The quantitative estimate of drug-likeness (QED) is 0.430. The second-order valence-corrected chi connectivity index (χ2v) is 9.24. The van der Waals surface area contributed by atoms with Gasteiger partial charge in [0.1, 0.15) is 10.8 Å². The molecule has 0 radical (unpaired) electrons. The molecule has 0 saturated heterocycles. The third-order valence-electron chi connectivity index (χ3n) is 5.87. The molecule has 0 saturated carbocycles. The van der Waals surface area contributed by atoms with E-state index in [0.29, 0.717) is 22.0 Å². The Kier molecular flexibility index (Phi) is 7.42. The van der Waals surface area contributed by atoms with Crippen molar-refractivity contribution < 1.29 is 14.3 Å². The average molecular weight is 464 g/mol. The van der Waals surface area contributed by atoms with E-state index < -0.39 is 0 Å². The Balaban J connectivity index is 1.50. The molecule has 0 fully saturated rings. The highest BCUT2D eigenvalue weighted by Crippen LogP contribution is 2.39. The lowest BCUT2D eigenvalue weighted by atomic mass is 9.95. The second-order valence-electron chi connectivity index (χ2n) is 8.13. The van der Waals surface area contributed by atoms with Crippen LogP contribution in [-0.2, 0) is 17.6 Å². The fourth-order valence-corrected chi connectivity index (χ4v) is 5.41. The van der Waals surface area contributed by atoms with Crippen LogP contribution in [0.4, 0.5) is 10.7 Å². The standard InChI is InChI=1S/C26H29N3O3S/c1-17(18-10-4-3-5-11-18)27-16-23(30)29-26-24(19-12-6-9-15-22(19)33-26)25(31)28-20-13-7-8-14-21(20)32-2/h3-5,7-8,10-11,13-14,17,27H,6,9,12,15-16H2,1-2H3,(H,28,31)(H,29,30). The molecule has 4 rings (SSSR count). The number of aryl methyl sites for hydroxylation is 1. The van der Waals surface area contributed by atoms with Crippen LogP contribution < -0.4 is 20.7 Å². The van der Waals surface area contributed by atoms with Crippen molar-refractivity contribution in [3.63, 3.8) is 0 Å². The van der Waals surface area contributed by atoms with Crippen LogP contribution >= 0.6 is 11.3 Å². The van der Waals surface area contributed by atoms with Crippen molar-refractivity contribution >= 4 is 33.8 Å². The van der Waals surface area contributed by atoms with E-state index in [1.807, 2.05) is 55.5 Å². The van der Waals surface area contributed by atoms with Crippen LogP contribution in [0.15, 0.2) is 54.6 Å². The number of fused-ring (bicyclic) bond motifs is 1. The zero-order valence-corrected chi connectivity index (χ0v) is 19.8. The van der Waals surface area contributed by atoms with Gasteiger partial charge in [0.15, 0.2) is 0 Å².